The number of hydrogen-bond acceptors (Lipinski definition) is 7. The molecule has 0 aliphatic rings. The Morgan fingerprint density at radius 2 is 1.79 bits per heavy atom. The van der Waals surface area contributed by atoms with Crippen molar-refractivity contribution in [2.45, 2.75) is 0 Å². The molecule has 0 radical (unpaired) electrons. The highest BCUT2D eigenvalue weighted by Crippen LogP contribution is 2.22. The molecule has 29 heavy (non-hydrogen) atoms. The second kappa shape index (κ2) is 7.40. The number of aromatic nitrogens is 4. The summed E-state index contributed by atoms with van der Waals surface area (Å²) in [5.41, 5.74) is 2.66. The van der Waals surface area contributed by atoms with E-state index in [9.17, 15) is 8.42 Å². The van der Waals surface area contributed by atoms with E-state index in [1.807, 2.05) is 24.3 Å². The van der Waals surface area contributed by atoms with Gasteiger partial charge in [-0.1, -0.05) is 6.07 Å². The van der Waals surface area contributed by atoms with Gasteiger partial charge in [-0.15, -0.1) is 0 Å². The van der Waals surface area contributed by atoms with Crippen LogP contribution in [0.1, 0.15) is 0 Å². The normalized spacial score (nSPS) is 11.4. The minimum atomic E-state index is -3.32. The van der Waals surface area contributed by atoms with Crippen LogP contribution in [0.15, 0.2) is 60.9 Å². The van der Waals surface area contributed by atoms with Crippen LogP contribution in [-0.4, -0.2) is 41.5 Å². The molecule has 4 aromatic rings. The molecule has 0 amide bonds. The van der Waals surface area contributed by atoms with E-state index in [0.29, 0.717) is 17.3 Å². The molecular weight excluding hydrogens is 392 g/mol. The number of methoxy groups -OCH3 is 1. The molecule has 0 aliphatic heterocycles. The average molecular weight is 410 g/mol. The maximum absolute atomic E-state index is 11.3. The van der Waals surface area contributed by atoms with Gasteiger partial charge < -0.3 is 10.1 Å². The van der Waals surface area contributed by atoms with E-state index >= 15 is 0 Å². The standard InChI is InChI=1S/C19H18N6O3S/c1-28-17-5-3-4-16(10-17)25-18-13(12-21-25)11-20-19(23-18)22-14-6-8-15(9-7-14)24-29(2,26)27/h3-12,24H,1-2H3,(H,20,22,23). The Kier molecular flexibility index (Phi) is 4.77. The maximum Gasteiger partial charge on any atom is 0.229 e. The summed E-state index contributed by atoms with van der Waals surface area (Å²) in [6, 6.07) is 14.3. The molecule has 2 aromatic carbocycles. The van der Waals surface area contributed by atoms with Gasteiger partial charge in [0.2, 0.25) is 16.0 Å². The molecule has 148 valence electrons. The summed E-state index contributed by atoms with van der Waals surface area (Å²) in [6.07, 6.45) is 4.49. The fourth-order valence-corrected chi connectivity index (χ4v) is 3.34. The lowest BCUT2D eigenvalue weighted by atomic mass is 10.3. The van der Waals surface area contributed by atoms with Crippen LogP contribution in [0.25, 0.3) is 16.7 Å². The molecule has 0 unspecified atom stereocenters. The molecule has 2 aromatic heterocycles. The Labute approximate surface area is 167 Å². The van der Waals surface area contributed by atoms with Crippen LogP contribution in [0.3, 0.4) is 0 Å². The number of rotatable bonds is 6. The highest BCUT2D eigenvalue weighted by molar-refractivity contribution is 7.92. The first-order valence-corrected chi connectivity index (χ1v) is 10.5. The van der Waals surface area contributed by atoms with Crippen molar-refractivity contribution in [3.63, 3.8) is 0 Å². The van der Waals surface area contributed by atoms with Crippen molar-refractivity contribution in [1.29, 1.82) is 0 Å². The van der Waals surface area contributed by atoms with E-state index in [0.717, 1.165) is 28.8 Å². The molecule has 9 nitrogen and oxygen atoms in total. The van der Waals surface area contributed by atoms with Gasteiger partial charge in [0.15, 0.2) is 5.65 Å². The van der Waals surface area contributed by atoms with Gasteiger partial charge in [0.05, 0.1) is 30.6 Å². The van der Waals surface area contributed by atoms with Gasteiger partial charge in [-0.3, -0.25) is 4.72 Å². The predicted molar refractivity (Wildman–Crippen MR) is 111 cm³/mol. The van der Waals surface area contributed by atoms with Crippen LogP contribution in [-0.2, 0) is 10.0 Å². The van der Waals surface area contributed by atoms with Crippen molar-refractivity contribution in [3.8, 4) is 11.4 Å². The highest BCUT2D eigenvalue weighted by Gasteiger charge is 2.10. The summed E-state index contributed by atoms with van der Waals surface area (Å²) in [7, 11) is -1.70. The van der Waals surface area contributed by atoms with Crippen molar-refractivity contribution < 1.29 is 13.2 Å². The molecule has 0 saturated heterocycles. The van der Waals surface area contributed by atoms with Crippen molar-refractivity contribution in [2.24, 2.45) is 0 Å². The van der Waals surface area contributed by atoms with Gasteiger partial charge >= 0.3 is 0 Å². The molecule has 0 spiro atoms. The zero-order chi connectivity index (χ0) is 20.4. The third-order valence-electron chi connectivity index (χ3n) is 4.05. The van der Waals surface area contributed by atoms with E-state index in [4.69, 9.17) is 4.74 Å². The van der Waals surface area contributed by atoms with Crippen LogP contribution in [0, 0.1) is 0 Å². The minimum absolute atomic E-state index is 0.394. The summed E-state index contributed by atoms with van der Waals surface area (Å²) in [4.78, 5) is 8.88. The van der Waals surface area contributed by atoms with Crippen LogP contribution < -0.4 is 14.8 Å². The van der Waals surface area contributed by atoms with Crippen LogP contribution in [0.5, 0.6) is 5.75 Å². The first kappa shape index (κ1) is 18.7. The number of anilines is 3. The number of nitrogens with zero attached hydrogens (tertiary/aromatic N) is 4. The summed E-state index contributed by atoms with van der Waals surface area (Å²) in [5.74, 6) is 1.12. The van der Waals surface area contributed by atoms with Crippen LogP contribution in [0.2, 0.25) is 0 Å². The summed E-state index contributed by atoms with van der Waals surface area (Å²) < 4.78 is 32.0. The fourth-order valence-electron chi connectivity index (χ4n) is 2.77. The van der Waals surface area contributed by atoms with Gasteiger partial charge in [-0.25, -0.2) is 18.1 Å². The summed E-state index contributed by atoms with van der Waals surface area (Å²) in [6.45, 7) is 0. The molecule has 0 atom stereocenters. The molecule has 10 heteroatoms. The predicted octanol–water partition coefficient (Wildman–Crippen LogP) is 2.94. The second-order valence-corrected chi connectivity index (χ2v) is 8.06. The summed E-state index contributed by atoms with van der Waals surface area (Å²) in [5, 5.41) is 8.31. The summed E-state index contributed by atoms with van der Waals surface area (Å²) >= 11 is 0. The Morgan fingerprint density at radius 1 is 1.03 bits per heavy atom. The topological polar surface area (TPSA) is 111 Å². The van der Waals surface area contributed by atoms with E-state index in [-0.39, 0.29) is 0 Å². The van der Waals surface area contributed by atoms with E-state index in [1.54, 1.807) is 48.5 Å². The van der Waals surface area contributed by atoms with Gasteiger partial charge in [0.25, 0.3) is 0 Å². The zero-order valence-corrected chi connectivity index (χ0v) is 16.5. The van der Waals surface area contributed by atoms with Crippen LogP contribution in [0.4, 0.5) is 17.3 Å². The highest BCUT2D eigenvalue weighted by atomic mass is 32.2. The number of hydrogen-bond donors (Lipinski definition) is 2. The molecule has 0 bridgehead atoms. The Morgan fingerprint density at radius 3 is 2.52 bits per heavy atom. The Bertz CT molecular complexity index is 1270. The number of nitrogens with one attached hydrogen (secondary N) is 2. The Hall–Kier alpha value is -3.66. The average Bonchev–Trinajstić information content (AvgIpc) is 3.12. The molecule has 2 N–H and O–H groups in total. The van der Waals surface area contributed by atoms with Gasteiger partial charge in [-0.2, -0.15) is 10.1 Å². The van der Waals surface area contributed by atoms with Crippen LogP contribution >= 0.6 is 0 Å². The number of benzene rings is 2. The monoisotopic (exact) mass is 410 g/mol. The lowest BCUT2D eigenvalue weighted by molar-refractivity contribution is 0.414. The molecule has 0 saturated carbocycles. The zero-order valence-electron chi connectivity index (χ0n) is 15.7. The largest absolute Gasteiger partial charge is 0.497 e. The van der Waals surface area contributed by atoms with Gasteiger partial charge in [0.1, 0.15) is 5.75 Å². The van der Waals surface area contributed by atoms with Crippen molar-refractivity contribution in [2.75, 3.05) is 23.4 Å². The van der Waals surface area contributed by atoms with Crippen molar-refractivity contribution in [1.82, 2.24) is 19.7 Å². The molecule has 0 fully saturated rings. The second-order valence-electron chi connectivity index (χ2n) is 6.31. The SMILES string of the molecule is COc1cccc(-n2ncc3cnc(Nc4ccc(NS(C)(=O)=O)cc4)nc32)c1. The maximum atomic E-state index is 11.3. The number of sulfonamides is 1. The van der Waals surface area contributed by atoms with Crippen molar-refractivity contribution >= 4 is 38.4 Å². The molecular formula is C19H18N6O3S. The molecule has 2 heterocycles. The molecule has 4 rings (SSSR count). The number of ether oxygens (including phenoxy) is 1. The van der Waals surface area contributed by atoms with E-state index in [2.05, 4.69) is 25.1 Å². The van der Waals surface area contributed by atoms with Crippen molar-refractivity contribution in [3.05, 3.63) is 60.9 Å². The lowest BCUT2D eigenvalue weighted by Crippen LogP contribution is -2.09. The quantitative estimate of drug-likeness (QED) is 0.503. The first-order valence-electron chi connectivity index (χ1n) is 8.61. The number of fused-ring (bicyclic) bond motifs is 1. The lowest BCUT2D eigenvalue weighted by Gasteiger charge is -2.08. The smallest absolute Gasteiger partial charge is 0.229 e. The third kappa shape index (κ3) is 4.27. The minimum Gasteiger partial charge on any atom is -0.497 e. The molecule has 0 aliphatic carbocycles. The van der Waals surface area contributed by atoms with E-state index < -0.39 is 10.0 Å². The fraction of sp³-hybridized carbons (Fsp3) is 0.105. The van der Waals surface area contributed by atoms with Gasteiger partial charge in [-0.05, 0) is 36.4 Å². The third-order valence-corrected chi connectivity index (χ3v) is 4.66. The van der Waals surface area contributed by atoms with E-state index in [1.165, 1.54) is 0 Å². The Balaban J connectivity index is 1.62. The van der Waals surface area contributed by atoms with Gasteiger partial charge in [0, 0.05) is 23.6 Å². The first-order chi connectivity index (χ1) is 13.9.